The summed E-state index contributed by atoms with van der Waals surface area (Å²) in [4.78, 5) is 4.79. The first-order valence-corrected chi connectivity index (χ1v) is 7.38. The van der Waals surface area contributed by atoms with Crippen molar-refractivity contribution in [2.24, 2.45) is 0 Å². The molecule has 5 rings (SSSR count). The molecule has 4 aromatic rings. The Labute approximate surface area is 122 Å². The van der Waals surface area contributed by atoms with E-state index in [-0.39, 0.29) is 0 Å². The fourth-order valence-corrected chi connectivity index (χ4v) is 3.64. The summed E-state index contributed by atoms with van der Waals surface area (Å²) in [5.41, 5.74) is 6.47. The number of pyridine rings is 1. The molecule has 0 fully saturated rings. The Morgan fingerprint density at radius 1 is 0.857 bits per heavy atom. The molecular weight excluding hydrogens is 256 g/mol. The van der Waals surface area contributed by atoms with E-state index in [1.165, 1.54) is 32.9 Å². The van der Waals surface area contributed by atoms with Gasteiger partial charge in [0.05, 0.1) is 11.2 Å². The van der Waals surface area contributed by atoms with Crippen LogP contribution in [0.15, 0.2) is 60.8 Å². The number of rotatable bonds is 1. The van der Waals surface area contributed by atoms with E-state index in [1.807, 2.05) is 6.20 Å². The van der Waals surface area contributed by atoms with Gasteiger partial charge in [0, 0.05) is 40.2 Å². The van der Waals surface area contributed by atoms with E-state index >= 15 is 0 Å². The molecule has 100 valence electrons. The minimum absolute atomic E-state index is 1.06. The Morgan fingerprint density at radius 2 is 1.67 bits per heavy atom. The second-order valence-corrected chi connectivity index (χ2v) is 5.63. The van der Waals surface area contributed by atoms with Gasteiger partial charge in [0.1, 0.15) is 0 Å². The predicted octanol–water partition coefficient (Wildman–Crippen LogP) is 4.41. The van der Waals surface area contributed by atoms with Gasteiger partial charge in [0.15, 0.2) is 0 Å². The van der Waals surface area contributed by atoms with Crippen LogP contribution in [0, 0.1) is 0 Å². The summed E-state index contributed by atoms with van der Waals surface area (Å²) in [6.45, 7) is 1.06. The fourth-order valence-electron chi connectivity index (χ4n) is 3.64. The number of nitrogens with zero attached hydrogens (tertiary/aromatic N) is 2. The second-order valence-electron chi connectivity index (χ2n) is 5.63. The van der Waals surface area contributed by atoms with Crippen LogP contribution in [0.4, 0.5) is 0 Å². The zero-order valence-electron chi connectivity index (χ0n) is 11.6. The molecule has 0 spiro atoms. The monoisotopic (exact) mass is 270 g/mol. The van der Waals surface area contributed by atoms with E-state index in [0.29, 0.717) is 0 Å². The molecule has 2 aromatic heterocycles. The third-order valence-corrected chi connectivity index (χ3v) is 4.54. The molecule has 2 heteroatoms. The van der Waals surface area contributed by atoms with Crippen molar-refractivity contribution in [2.75, 3.05) is 0 Å². The summed E-state index contributed by atoms with van der Waals surface area (Å²) in [6.07, 6.45) is 3.13. The topological polar surface area (TPSA) is 17.8 Å². The minimum atomic E-state index is 1.06. The van der Waals surface area contributed by atoms with E-state index in [9.17, 15) is 0 Å². The molecule has 1 aliphatic rings. The molecule has 0 bridgehead atoms. The number of benzene rings is 2. The SMILES string of the molecule is c1ccc(-c2ncc3c4ccccc4n4c3c2CC4)cc1. The lowest BCUT2D eigenvalue weighted by Crippen LogP contribution is -1.92. The maximum atomic E-state index is 4.79. The van der Waals surface area contributed by atoms with Crippen molar-refractivity contribution >= 4 is 21.8 Å². The third-order valence-electron chi connectivity index (χ3n) is 4.54. The Bertz CT molecular complexity index is 981. The van der Waals surface area contributed by atoms with E-state index in [4.69, 9.17) is 4.98 Å². The summed E-state index contributed by atoms with van der Waals surface area (Å²) in [5.74, 6) is 0. The predicted molar refractivity (Wildman–Crippen MR) is 86.4 cm³/mol. The molecule has 2 aromatic carbocycles. The lowest BCUT2D eigenvalue weighted by Gasteiger charge is -2.06. The molecule has 2 nitrogen and oxygen atoms in total. The normalized spacial score (nSPS) is 13.3. The van der Waals surface area contributed by atoms with Crippen LogP contribution in [0.3, 0.4) is 0 Å². The molecular formula is C19H14N2. The summed E-state index contributed by atoms with van der Waals surface area (Å²) >= 11 is 0. The first-order chi connectivity index (χ1) is 10.4. The highest BCUT2D eigenvalue weighted by Gasteiger charge is 2.22. The summed E-state index contributed by atoms with van der Waals surface area (Å²) < 4.78 is 2.45. The van der Waals surface area contributed by atoms with Crippen LogP contribution in [0.2, 0.25) is 0 Å². The highest BCUT2D eigenvalue weighted by molar-refractivity contribution is 6.10. The van der Waals surface area contributed by atoms with Gasteiger partial charge in [-0.15, -0.1) is 0 Å². The first-order valence-electron chi connectivity index (χ1n) is 7.38. The molecule has 0 unspecified atom stereocenters. The molecule has 1 aliphatic heterocycles. The zero-order valence-corrected chi connectivity index (χ0v) is 11.6. The maximum Gasteiger partial charge on any atom is 0.0755 e. The second kappa shape index (κ2) is 3.95. The Balaban J connectivity index is 1.93. The van der Waals surface area contributed by atoms with Crippen LogP contribution in [0.25, 0.3) is 33.1 Å². The van der Waals surface area contributed by atoms with Crippen molar-refractivity contribution in [1.82, 2.24) is 9.55 Å². The van der Waals surface area contributed by atoms with Gasteiger partial charge in [-0.25, -0.2) is 0 Å². The zero-order chi connectivity index (χ0) is 13.8. The number of para-hydroxylation sites is 1. The largest absolute Gasteiger partial charge is 0.340 e. The van der Waals surface area contributed by atoms with Crippen molar-refractivity contribution in [3.63, 3.8) is 0 Å². The van der Waals surface area contributed by atoms with Crippen LogP contribution in [-0.4, -0.2) is 9.55 Å². The summed E-state index contributed by atoms with van der Waals surface area (Å²) in [5, 5.41) is 2.61. The lowest BCUT2D eigenvalue weighted by atomic mass is 10.0. The molecule has 0 saturated heterocycles. The van der Waals surface area contributed by atoms with Gasteiger partial charge in [-0.3, -0.25) is 4.98 Å². The average Bonchev–Trinajstić information content (AvgIpc) is 3.12. The summed E-state index contributed by atoms with van der Waals surface area (Å²) in [7, 11) is 0. The first kappa shape index (κ1) is 11.1. The quantitative estimate of drug-likeness (QED) is 0.501. The van der Waals surface area contributed by atoms with Crippen LogP contribution >= 0.6 is 0 Å². The molecule has 21 heavy (non-hydrogen) atoms. The maximum absolute atomic E-state index is 4.79. The Hall–Kier alpha value is -2.61. The Kier molecular flexibility index (Phi) is 2.09. The smallest absolute Gasteiger partial charge is 0.0755 e. The Morgan fingerprint density at radius 3 is 2.57 bits per heavy atom. The van der Waals surface area contributed by atoms with Crippen molar-refractivity contribution in [2.45, 2.75) is 13.0 Å². The van der Waals surface area contributed by atoms with Gasteiger partial charge in [0.2, 0.25) is 0 Å². The van der Waals surface area contributed by atoms with Gasteiger partial charge >= 0.3 is 0 Å². The highest BCUT2D eigenvalue weighted by atomic mass is 15.0. The van der Waals surface area contributed by atoms with E-state index < -0.39 is 0 Å². The minimum Gasteiger partial charge on any atom is -0.340 e. The van der Waals surface area contributed by atoms with E-state index in [1.54, 1.807) is 0 Å². The average molecular weight is 270 g/mol. The van der Waals surface area contributed by atoms with Crippen molar-refractivity contribution in [3.8, 4) is 11.3 Å². The number of hydrogen-bond acceptors (Lipinski definition) is 1. The molecule has 0 N–H and O–H groups in total. The van der Waals surface area contributed by atoms with E-state index in [2.05, 4.69) is 59.2 Å². The van der Waals surface area contributed by atoms with Gasteiger partial charge < -0.3 is 4.57 Å². The molecule has 0 amide bonds. The molecule has 3 heterocycles. The number of hydrogen-bond donors (Lipinski definition) is 0. The van der Waals surface area contributed by atoms with Crippen LogP contribution < -0.4 is 0 Å². The van der Waals surface area contributed by atoms with Crippen molar-refractivity contribution in [1.29, 1.82) is 0 Å². The van der Waals surface area contributed by atoms with Gasteiger partial charge in [-0.1, -0.05) is 48.5 Å². The molecule has 0 atom stereocenters. The van der Waals surface area contributed by atoms with Crippen LogP contribution in [0.5, 0.6) is 0 Å². The van der Waals surface area contributed by atoms with Gasteiger partial charge in [-0.2, -0.15) is 0 Å². The van der Waals surface area contributed by atoms with Gasteiger partial charge in [0.25, 0.3) is 0 Å². The van der Waals surface area contributed by atoms with Crippen LogP contribution in [0.1, 0.15) is 5.56 Å². The molecule has 0 aliphatic carbocycles. The van der Waals surface area contributed by atoms with E-state index in [0.717, 1.165) is 18.7 Å². The van der Waals surface area contributed by atoms with Crippen LogP contribution in [-0.2, 0) is 13.0 Å². The number of aromatic nitrogens is 2. The van der Waals surface area contributed by atoms with Crippen molar-refractivity contribution in [3.05, 3.63) is 66.4 Å². The van der Waals surface area contributed by atoms with Crippen molar-refractivity contribution < 1.29 is 0 Å². The fraction of sp³-hybridized carbons (Fsp3) is 0.105. The number of aryl methyl sites for hydroxylation is 2. The lowest BCUT2D eigenvalue weighted by molar-refractivity contribution is 0.795. The highest BCUT2D eigenvalue weighted by Crippen LogP contribution is 2.38. The molecule has 0 radical (unpaired) electrons. The third kappa shape index (κ3) is 1.39. The molecule has 0 saturated carbocycles. The summed E-state index contributed by atoms with van der Waals surface area (Å²) in [6, 6.07) is 19.2. The number of fused-ring (bicyclic) bond motifs is 3. The standard InChI is InChI=1S/C19H14N2/c1-2-6-13(7-3-1)18-15-10-11-21-17-9-5-4-8-14(17)16(12-20-18)19(15)21/h1-9,12H,10-11H2. The van der Waals surface area contributed by atoms with Gasteiger partial charge in [-0.05, 0) is 12.5 Å².